The molecule has 2 aromatic rings. The molecule has 0 aliphatic carbocycles. The number of halogens is 1. The molecule has 22 heavy (non-hydrogen) atoms. The van der Waals surface area contributed by atoms with Crippen LogP contribution in [0.3, 0.4) is 0 Å². The number of aliphatic carboxylic acids is 1. The van der Waals surface area contributed by atoms with E-state index in [2.05, 4.69) is 0 Å². The van der Waals surface area contributed by atoms with E-state index in [1.807, 2.05) is 0 Å². The highest BCUT2D eigenvalue weighted by Crippen LogP contribution is 2.33. The van der Waals surface area contributed by atoms with Crippen molar-refractivity contribution < 1.29 is 24.1 Å². The molecule has 4 nitrogen and oxygen atoms in total. The lowest BCUT2D eigenvalue weighted by Crippen LogP contribution is -2.15. The molecule has 116 valence electrons. The highest BCUT2D eigenvalue weighted by molar-refractivity contribution is 5.76. The Morgan fingerprint density at radius 2 is 2.05 bits per heavy atom. The van der Waals surface area contributed by atoms with E-state index in [4.69, 9.17) is 4.74 Å². The third-order valence-electron chi connectivity index (χ3n) is 3.62. The Bertz CT molecular complexity index is 697. The van der Waals surface area contributed by atoms with E-state index in [-0.39, 0.29) is 17.9 Å². The van der Waals surface area contributed by atoms with Crippen molar-refractivity contribution in [1.82, 2.24) is 0 Å². The summed E-state index contributed by atoms with van der Waals surface area (Å²) in [5.41, 5.74) is 1.25. The van der Waals surface area contributed by atoms with Crippen molar-refractivity contribution in [3.63, 3.8) is 0 Å². The Balaban J connectivity index is 2.38. The molecule has 1 atom stereocenters. The minimum Gasteiger partial charge on any atom is -0.504 e. The van der Waals surface area contributed by atoms with Crippen molar-refractivity contribution in [3.05, 3.63) is 58.9 Å². The monoisotopic (exact) mass is 304 g/mol. The first kappa shape index (κ1) is 15.8. The maximum atomic E-state index is 13.7. The summed E-state index contributed by atoms with van der Waals surface area (Å²) in [6.45, 7) is 1.61. The molecular formula is C17H17FO4. The average Bonchev–Trinajstić information content (AvgIpc) is 2.49. The molecule has 2 rings (SSSR count). The minimum atomic E-state index is -1.08. The number of para-hydroxylation sites is 1. The quantitative estimate of drug-likeness (QED) is 0.889. The molecule has 0 aliphatic rings. The van der Waals surface area contributed by atoms with Gasteiger partial charge in [-0.15, -0.1) is 0 Å². The number of aromatic hydroxyl groups is 1. The predicted octanol–water partition coefficient (Wildman–Crippen LogP) is 3.26. The predicted molar refractivity (Wildman–Crippen MR) is 79.9 cm³/mol. The summed E-state index contributed by atoms with van der Waals surface area (Å²) >= 11 is 0. The van der Waals surface area contributed by atoms with Gasteiger partial charge in [0.2, 0.25) is 0 Å². The van der Waals surface area contributed by atoms with Crippen LogP contribution < -0.4 is 4.74 Å². The van der Waals surface area contributed by atoms with Crippen molar-refractivity contribution in [2.75, 3.05) is 7.11 Å². The van der Waals surface area contributed by atoms with Crippen LogP contribution in [0, 0.1) is 12.7 Å². The number of hydrogen-bond donors (Lipinski definition) is 2. The molecule has 0 saturated carbocycles. The van der Waals surface area contributed by atoms with Crippen molar-refractivity contribution in [2.24, 2.45) is 0 Å². The van der Waals surface area contributed by atoms with E-state index in [0.29, 0.717) is 16.7 Å². The topological polar surface area (TPSA) is 66.8 Å². The summed E-state index contributed by atoms with van der Waals surface area (Å²) in [5.74, 6) is -2.29. The number of phenolic OH excluding ortho intramolecular Hbond substituents is 1. The standard InChI is InChI=1S/C17H17FO4/c1-10-6-7-11(9-14(10)18)13(17(20)21)8-12-4-3-5-15(22-2)16(12)19/h3-7,9,13,19H,8H2,1-2H3,(H,20,21). The van der Waals surface area contributed by atoms with E-state index >= 15 is 0 Å². The van der Waals surface area contributed by atoms with Crippen LogP contribution in [-0.2, 0) is 11.2 Å². The van der Waals surface area contributed by atoms with Gasteiger partial charge in [-0.05, 0) is 42.2 Å². The van der Waals surface area contributed by atoms with E-state index in [1.54, 1.807) is 37.3 Å². The second-order valence-electron chi connectivity index (χ2n) is 5.07. The van der Waals surface area contributed by atoms with Gasteiger partial charge in [-0.3, -0.25) is 4.79 Å². The fraction of sp³-hybridized carbons (Fsp3) is 0.235. The Morgan fingerprint density at radius 3 is 2.64 bits per heavy atom. The number of hydrogen-bond acceptors (Lipinski definition) is 3. The van der Waals surface area contributed by atoms with Gasteiger partial charge in [0.05, 0.1) is 13.0 Å². The molecule has 2 aromatic carbocycles. The molecular weight excluding hydrogens is 287 g/mol. The molecule has 0 spiro atoms. The van der Waals surface area contributed by atoms with Gasteiger partial charge in [0, 0.05) is 0 Å². The van der Waals surface area contributed by atoms with E-state index in [9.17, 15) is 19.4 Å². The van der Waals surface area contributed by atoms with Gasteiger partial charge in [0.25, 0.3) is 0 Å². The van der Waals surface area contributed by atoms with Crippen LogP contribution in [0.5, 0.6) is 11.5 Å². The van der Waals surface area contributed by atoms with Crippen molar-refractivity contribution in [1.29, 1.82) is 0 Å². The zero-order valence-electron chi connectivity index (χ0n) is 12.3. The third-order valence-corrected chi connectivity index (χ3v) is 3.62. The minimum absolute atomic E-state index is 0.0425. The first-order valence-corrected chi connectivity index (χ1v) is 6.77. The fourth-order valence-corrected chi connectivity index (χ4v) is 2.29. The van der Waals surface area contributed by atoms with Crippen LogP contribution in [0.15, 0.2) is 36.4 Å². The van der Waals surface area contributed by atoms with Crippen LogP contribution in [-0.4, -0.2) is 23.3 Å². The molecule has 0 bridgehead atoms. The van der Waals surface area contributed by atoms with E-state index in [0.717, 1.165) is 0 Å². The number of rotatable bonds is 5. The molecule has 0 saturated heterocycles. The lowest BCUT2D eigenvalue weighted by Gasteiger charge is -2.15. The first-order chi connectivity index (χ1) is 10.4. The summed E-state index contributed by atoms with van der Waals surface area (Å²) in [6.07, 6.45) is 0.0425. The van der Waals surface area contributed by atoms with Gasteiger partial charge in [-0.1, -0.05) is 24.3 Å². The second-order valence-corrected chi connectivity index (χ2v) is 5.07. The molecule has 5 heteroatoms. The van der Waals surface area contributed by atoms with E-state index < -0.39 is 17.7 Å². The molecule has 0 heterocycles. The normalized spacial score (nSPS) is 12.0. The van der Waals surface area contributed by atoms with Crippen LogP contribution in [0.4, 0.5) is 4.39 Å². The van der Waals surface area contributed by atoms with E-state index in [1.165, 1.54) is 13.2 Å². The summed E-state index contributed by atoms with van der Waals surface area (Å²) in [5, 5.41) is 19.5. The number of carboxylic acids is 1. The summed E-state index contributed by atoms with van der Waals surface area (Å²) in [6, 6.07) is 9.24. The number of aryl methyl sites for hydroxylation is 1. The largest absolute Gasteiger partial charge is 0.504 e. The van der Waals surface area contributed by atoms with Gasteiger partial charge in [0.1, 0.15) is 5.82 Å². The Kier molecular flexibility index (Phi) is 4.65. The lowest BCUT2D eigenvalue weighted by molar-refractivity contribution is -0.138. The maximum absolute atomic E-state index is 13.7. The number of carbonyl (C=O) groups is 1. The summed E-state index contributed by atoms with van der Waals surface area (Å²) < 4.78 is 18.7. The number of ether oxygens (including phenoxy) is 1. The smallest absolute Gasteiger partial charge is 0.311 e. The SMILES string of the molecule is COc1cccc(CC(C(=O)O)c2ccc(C)c(F)c2)c1O. The molecule has 0 aromatic heterocycles. The van der Waals surface area contributed by atoms with Gasteiger partial charge in [-0.2, -0.15) is 0 Å². The third kappa shape index (κ3) is 3.19. The van der Waals surface area contributed by atoms with Gasteiger partial charge in [-0.25, -0.2) is 4.39 Å². The maximum Gasteiger partial charge on any atom is 0.311 e. The van der Waals surface area contributed by atoms with Gasteiger partial charge in [0.15, 0.2) is 11.5 Å². The van der Waals surface area contributed by atoms with Crippen molar-refractivity contribution >= 4 is 5.97 Å². The zero-order valence-corrected chi connectivity index (χ0v) is 12.3. The Hall–Kier alpha value is -2.56. The Labute approximate surface area is 127 Å². The van der Waals surface area contributed by atoms with Crippen LogP contribution in [0.25, 0.3) is 0 Å². The molecule has 0 amide bonds. The fourth-order valence-electron chi connectivity index (χ4n) is 2.29. The first-order valence-electron chi connectivity index (χ1n) is 6.77. The van der Waals surface area contributed by atoms with Gasteiger partial charge < -0.3 is 14.9 Å². The summed E-state index contributed by atoms with van der Waals surface area (Å²) in [7, 11) is 1.42. The highest BCUT2D eigenvalue weighted by Gasteiger charge is 2.23. The van der Waals surface area contributed by atoms with Crippen molar-refractivity contribution in [2.45, 2.75) is 19.3 Å². The molecule has 0 aliphatic heterocycles. The average molecular weight is 304 g/mol. The number of phenols is 1. The number of benzene rings is 2. The molecule has 0 radical (unpaired) electrons. The van der Waals surface area contributed by atoms with Crippen molar-refractivity contribution in [3.8, 4) is 11.5 Å². The van der Waals surface area contributed by atoms with Crippen LogP contribution >= 0.6 is 0 Å². The molecule has 1 unspecified atom stereocenters. The number of methoxy groups -OCH3 is 1. The van der Waals surface area contributed by atoms with Crippen LogP contribution in [0.1, 0.15) is 22.6 Å². The van der Waals surface area contributed by atoms with Gasteiger partial charge >= 0.3 is 5.97 Å². The lowest BCUT2D eigenvalue weighted by atomic mass is 9.91. The second kappa shape index (κ2) is 6.47. The highest BCUT2D eigenvalue weighted by atomic mass is 19.1. The molecule has 0 fully saturated rings. The van der Waals surface area contributed by atoms with Crippen LogP contribution in [0.2, 0.25) is 0 Å². The molecule has 2 N–H and O–H groups in total. The zero-order chi connectivity index (χ0) is 16.3. The Morgan fingerprint density at radius 1 is 1.32 bits per heavy atom. The summed E-state index contributed by atoms with van der Waals surface area (Å²) in [4.78, 5) is 11.5. The number of carboxylic acid groups (broad SMARTS) is 1.